The third-order valence-corrected chi connectivity index (χ3v) is 4.04. The monoisotopic (exact) mass is 336 g/mol. The number of hydrogen-bond donors (Lipinski definition) is 3. The van der Waals surface area contributed by atoms with Crippen LogP contribution in [-0.2, 0) is 0 Å². The van der Waals surface area contributed by atoms with Gasteiger partial charge in [0.05, 0.1) is 11.6 Å². The average Bonchev–Trinajstić information content (AvgIpc) is 3.16. The van der Waals surface area contributed by atoms with Gasteiger partial charge in [0, 0.05) is 12.2 Å². The van der Waals surface area contributed by atoms with Crippen molar-refractivity contribution >= 4 is 5.91 Å². The molecule has 0 fully saturated rings. The molecule has 2 aromatic carbocycles. The van der Waals surface area contributed by atoms with Gasteiger partial charge >= 0.3 is 0 Å². The number of nitrogens with one attached hydrogen (secondary N) is 2. The maximum atomic E-state index is 12.8. The molecule has 25 heavy (non-hydrogen) atoms. The Labute approximate surface area is 145 Å². The predicted molar refractivity (Wildman–Crippen MR) is 94.9 cm³/mol. The van der Waals surface area contributed by atoms with E-state index in [0.717, 1.165) is 11.1 Å². The Morgan fingerprint density at radius 1 is 1.20 bits per heavy atom. The van der Waals surface area contributed by atoms with Gasteiger partial charge in [-0.2, -0.15) is 5.10 Å². The van der Waals surface area contributed by atoms with Crippen molar-refractivity contribution in [3.05, 3.63) is 71.5 Å². The number of aromatic amines is 1. The van der Waals surface area contributed by atoms with Crippen molar-refractivity contribution in [1.82, 2.24) is 20.5 Å². The number of rotatable bonds is 6. The van der Waals surface area contributed by atoms with Crippen LogP contribution in [0.5, 0.6) is 0 Å². The first kappa shape index (κ1) is 16.9. The van der Waals surface area contributed by atoms with Crippen LogP contribution in [0.1, 0.15) is 33.9 Å². The smallest absolute Gasteiger partial charge is 0.252 e. The van der Waals surface area contributed by atoms with Crippen LogP contribution in [0.15, 0.2) is 54.9 Å². The van der Waals surface area contributed by atoms with E-state index < -0.39 is 0 Å². The van der Waals surface area contributed by atoms with Crippen LogP contribution in [0.4, 0.5) is 0 Å². The molecule has 0 unspecified atom stereocenters. The first-order valence-corrected chi connectivity index (χ1v) is 8.12. The van der Waals surface area contributed by atoms with Gasteiger partial charge in [0.2, 0.25) is 0 Å². The number of aryl methyl sites for hydroxylation is 1. The number of nitrogens with zero attached hydrogens (tertiary/aromatic N) is 2. The second-order valence-electron chi connectivity index (χ2n) is 5.83. The van der Waals surface area contributed by atoms with Crippen molar-refractivity contribution in [3.63, 3.8) is 0 Å². The lowest BCUT2D eigenvalue weighted by atomic mass is 10.0. The summed E-state index contributed by atoms with van der Waals surface area (Å²) in [7, 11) is 0. The number of H-pyrrole nitrogens is 1. The van der Waals surface area contributed by atoms with E-state index in [1.54, 1.807) is 6.07 Å². The van der Waals surface area contributed by atoms with E-state index in [4.69, 9.17) is 0 Å². The Bertz CT molecular complexity index is 829. The molecule has 3 aromatic rings. The Kier molecular flexibility index (Phi) is 5.20. The number of aromatic nitrogens is 3. The standard InChI is InChI=1S/C19H20N4O2/c1-13-6-8-14(9-7-13)17(10-11-24)22-19(25)16-5-3-2-4-15(16)18-20-12-21-23-18/h2-9,12,17,24H,10-11H2,1H3,(H,22,25)(H,20,21,23)/t17-/m0/s1. The van der Waals surface area contributed by atoms with Crippen molar-refractivity contribution in [2.45, 2.75) is 19.4 Å². The fourth-order valence-corrected chi connectivity index (χ4v) is 2.71. The average molecular weight is 336 g/mol. The molecule has 0 radical (unpaired) electrons. The number of aliphatic hydroxyl groups is 1. The molecule has 0 bridgehead atoms. The molecule has 128 valence electrons. The molecule has 0 aliphatic heterocycles. The number of aliphatic hydroxyl groups excluding tert-OH is 1. The molecule has 6 heteroatoms. The van der Waals surface area contributed by atoms with Crippen LogP contribution in [0.25, 0.3) is 11.4 Å². The molecule has 0 aliphatic carbocycles. The predicted octanol–water partition coefficient (Wildman–Crippen LogP) is 2.63. The molecule has 1 aromatic heterocycles. The van der Waals surface area contributed by atoms with E-state index >= 15 is 0 Å². The summed E-state index contributed by atoms with van der Waals surface area (Å²) in [5.41, 5.74) is 3.30. The zero-order valence-electron chi connectivity index (χ0n) is 13.9. The van der Waals surface area contributed by atoms with E-state index in [1.165, 1.54) is 6.33 Å². The van der Waals surface area contributed by atoms with E-state index in [1.807, 2.05) is 49.4 Å². The molecule has 0 saturated heterocycles. The van der Waals surface area contributed by atoms with E-state index in [2.05, 4.69) is 20.5 Å². The van der Waals surface area contributed by atoms with E-state index in [0.29, 0.717) is 23.4 Å². The fraction of sp³-hybridized carbons (Fsp3) is 0.211. The molecule has 0 aliphatic rings. The fourth-order valence-electron chi connectivity index (χ4n) is 2.71. The van der Waals surface area contributed by atoms with Crippen molar-refractivity contribution in [1.29, 1.82) is 0 Å². The van der Waals surface area contributed by atoms with Gasteiger partial charge in [-0.3, -0.25) is 9.89 Å². The number of hydrogen-bond acceptors (Lipinski definition) is 4. The summed E-state index contributed by atoms with van der Waals surface area (Å²) in [5.74, 6) is 0.325. The minimum atomic E-state index is -0.263. The Balaban J connectivity index is 1.86. The lowest BCUT2D eigenvalue weighted by Gasteiger charge is -2.19. The van der Waals surface area contributed by atoms with Crippen molar-refractivity contribution in [2.24, 2.45) is 0 Å². The summed E-state index contributed by atoms with van der Waals surface area (Å²) >= 11 is 0. The number of benzene rings is 2. The minimum Gasteiger partial charge on any atom is -0.396 e. The molecular weight excluding hydrogens is 316 g/mol. The van der Waals surface area contributed by atoms with Gasteiger partial charge in [-0.05, 0) is 25.0 Å². The van der Waals surface area contributed by atoms with Crippen molar-refractivity contribution in [2.75, 3.05) is 6.61 Å². The quantitative estimate of drug-likeness (QED) is 0.645. The molecule has 1 heterocycles. The zero-order chi connectivity index (χ0) is 17.6. The maximum Gasteiger partial charge on any atom is 0.252 e. The lowest BCUT2D eigenvalue weighted by molar-refractivity contribution is 0.0930. The summed E-state index contributed by atoms with van der Waals surface area (Å²) in [6.07, 6.45) is 1.85. The van der Waals surface area contributed by atoms with Crippen LogP contribution in [0, 0.1) is 6.92 Å². The number of carbonyl (C=O) groups excluding carboxylic acids is 1. The number of amides is 1. The molecule has 6 nitrogen and oxygen atoms in total. The second kappa shape index (κ2) is 7.72. The highest BCUT2D eigenvalue weighted by molar-refractivity contribution is 6.00. The summed E-state index contributed by atoms with van der Waals surface area (Å²) < 4.78 is 0. The first-order chi connectivity index (χ1) is 12.2. The Hall–Kier alpha value is -2.99. The van der Waals surface area contributed by atoms with Crippen LogP contribution >= 0.6 is 0 Å². The van der Waals surface area contributed by atoms with Gasteiger partial charge in [0.15, 0.2) is 5.82 Å². The zero-order valence-corrected chi connectivity index (χ0v) is 13.9. The van der Waals surface area contributed by atoms with Gasteiger partial charge in [-0.15, -0.1) is 0 Å². The lowest BCUT2D eigenvalue weighted by Crippen LogP contribution is -2.29. The van der Waals surface area contributed by atoms with Crippen LogP contribution in [0.3, 0.4) is 0 Å². The van der Waals surface area contributed by atoms with Crippen LogP contribution in [-0.4, -0.2) is 32.8 Å². The van der Waals surface area contributed by atoms with Crippen LogP contribution < -0.4 is 5.32 Å². The molecular formula is C19H20N4O2. The SMILES string of the molecule is Cc1ccc([C@H](CCO)NC(=O)c2ccccc2-c2ncn[nH]2)cc1. The summed E-state index contributed by atoms with van der Waals surface area (Å²) in [5, 5.41) is 19.0. The topological polar surface area (TPSA) is 90.9 Å². The maximum absolute atomic E-state index is 12.8. The Morgan fingerprint density at radius 3 is 2.64 bits per heavy atom. The molecule has 3 N–H and O–H groups in total. The van der Waals surface area contributed by atoms with Crippen molar-refractivity contribution < 1.29 is 9.90 Å². The van der Waals surface area contributed by atoms with Crippen LogP contribution in [0.2, 0.25) is 0 Å². The molecule has 0 spiro atoms. The van der Waals surface area contributed by atoms with Gasteiger partial charge in [-0.1, -0.05) is 48.0 Å². The third kappa shape index (κ3) is 3.92. The van der Waals surface area contributed by atoms with E-state index in [9.17, 15) is 9.90 Å². The second-order valence-corrected chi connectivity index (χ2v) is 5.83. The van der Waals surface area contributed by atoms with Gasteiger partial charge in [0.1, 0.15) is 6.33 Å². The highest BCUT2D eigenvalue weighted by Crippen LogP contribution is 2.22. The Morgan fingerprint density at radius 2 is 1.96 bits per heavy atom. The largest absolute Gasteiger partial charge is 0.396 e. The van der Waals surface area contributed by atoms with E-state index in [-0.39, 0.29) is 18.6 Å². The molecule has 3 rings (SSSR count). The highest BCUT2D eigenvalue weighted by Gasteiger charge is 2.19. The number of carbonyl (C=O) groups is 1. The molecule has 0 saturated carbocycles. The van der Waals surface area contributed by atoms with Crippen molar-refractivity contribution in [3.8, 4) is 11.4 Å². The minimum absolute atomic E-state index is 0.0113. The highest BCUT2D eigenvalue weighted by atomic mass is 16.3. The molecule has 1 amide bonds. The summed E-state index contributed by atoms with van der Waals surface area (Å²) in [6.45, 7) is 2.00. The molecule has 1 atom stereocenters. The third-order valence-electron chi connectivity index (χ3n) is 4.04. The first-order valence-electron chi connectivity index (χ1n) is 8.12. The summed E-state index contributed by atoms with van der Waals surface area (Å²) in [4.78, 5) is 17.0. The van der Waals surface area contributed by atoms with Gasteiger partial charge < -0.3 is 10.4 Å². The van der Waals surface area contributed by atoms with Gasteiger partial charge in [-0.25, -0.2) is 4.98 Å². The van der Waals surface area contributed by atoms with Gasteiger partial charge in [0.25, 0.3) is 5.91 Å². The summed E-state index contributed by atoms with van der Waals surface area (Å²) in [6, 6.07) is 14.9. The normalized spacial score (nSPS) is 11.9.